The van der Waals surface area contributed by atoms with Gasteiger partial charge in [0.15, 0.2) is 0 Å². The molecule has 1 N–H and O–H groups in total. The highest BCUT2D eigenvalue weighted by atomic mass is 32.2. The van der Waals surface area contributed by atoms with E-state index >= 15 is 0 Å². The standard InChI is InChI=1S/C15H23NO4S/c1-11-6-4-5-7-13(11)16-21(17,18)15-10-12(19-2)8-9-14(15)20-3/h8-11,13,16H,4-7H2,1-3H3/t11-,13-/m1/s1. The molecule has 0 radical (unpaired) electrons. The Bertz CT molecular complexity index is 585. The SMILES string of the molecule is COc1ccc(OC)c(S(=O)(=O)N[C@@H]2CCCC[C@H]2C)c1. The van der Waals surface area contributed by atoms with Gasteiger partial charge < -0.3 is 9.47 Å². The minimum atomic E-state index is -3.62. The zero-order valence-electron chi connectivity index (χ0n) is 12.8. The van der Waals surface area contributed by atoms with Gasteiger partial charge in [-0.15, -0.1) is 0 Å². The molecule has 0 aromatic heterocycles. The topological polar surface area (TPSA) is 64.6 Å². The molecule has 0 bridgehead atoms. The summed E-state index contributed by atoms with van der Waals surface area (Å²) in [6.45, 7) is 2.09. The fraction of sp³-hybridized carbons (Fsp3) is 0.600. The van der Waals surface area contributed by atoms with Crippen molar-refractivity contribution in [3.05, 3.63) is 18.2 Å². The zero-order chi connectivity index (χ0) is 15.5. The van der Waals surface area contributed by atoms with Crippen molar-refractivity contribution in [3.8, 4) is 11.5 Å². The number of benzene rings is 1. The van der Waals surface area contributed by atoms with Crippen molar-refractivity contribution >= 4 is 10.0 Å². The zero-order valence-corrected chi connectivity index (χ0v) is 13.6. The van der Waals surface area contributed by atoms with E-state index in [9.17, 15) is 8.42 Å². The van der Waals surface area contributed by atoms with Crippen molar-refractivity contribution < 1.29 is 17.9 Å². The van der Waals surface area contributed by atoms with Crippen molar-refractivity contribution in [1.29, 1.82) is 0 Å². The van der Waals surface area contributed by atoms with Gasteiger partial charge in [-0.3, -0.25) is 0 Å². The molecule has 2 atom stereocenters. The molecule has 1 aliphatic carbocycles. The Morgan fingerprint density at radius 3 is 2.48 bits per heavy atom. The summed E-state index contributed by atoms with van der Waals surface area (Å²) in [5, 5.41) is 0. The molecule has 0 spiro atoms. The molecule has 1 fully saturated rings. The van der Waals surface area contributed by atoms with Gasteiger partial charge in [0, 0.05) is 12.1 Å². The van der Waals surface area contributed by atoms with Gasteiger partial charge in [-0.1, -0.05) is 19.8 Å². The van der Waals surface area contributed by atoms with Gasteiger partial charge in [-0.25, -0.2) is 13.1 Å². The van der Waals surface area contributed by atoms with Crippen molar-refractivity contribution in [1.82, 2.24) is 4.72 Å². The number of sulfonamides is 1. The summed E-state index contributed by atoms with van der Waals surface area (Å²) in [6.07, 6.45) is 4.17. The molecule has 5 nitrogen and oxygen atoms in total. The molecule has 1 saturated carbocycles. The van der Waals surface area contributed by atoms with E-state index in [1.807, 2.05) is 0 Å². The summed E-state index contributed by atoms with van der Waals surface area (Å²) in [5.74, 6) is 1.17. The van der Waals surface area contributed by atoms with Crippen LogP contribution in [0.2, 0.25) is 0 Å². The van der Waals surface area contributed by atoms with Crippen LogP contribution >= 0.6 is 0 Å². The summed E-state index contributed by atoms with van der Waals surface area (Å²) < 4.78 is 38.4. The lowest BCUT2D eigenvalue weighted by Crippen LogP contribution is -2.41. The first-order chi connectivity index (χ1) is 9.97. The second-order valence-electron chi connectivity index (χ2n) is 5.51. The summed E-state index contributed by atoms with van der Waals surface area (Å²) >= 11 is 0. The molecule has 21 heavy (non-hydrogen) atoms. The van der Waals surface area contributed by atoms with Gasteiger partial charge >= 0.3 is 0 Å². The Kier molecular flexibility index (Phi) is 5.11. The molecule has 1 aromatic carbocycles. The number of hydrogen-bond donors (Lipinski definition) is 1. The van der Waals surface area contributed by atoms with Crippen molar-refractivity contribution in [2.45, 2.75) is 43.5 Å². The van der Waals surface area contributed by atoms with E-state index in [1.54, 1.807) is 12.1 Å². The number of ether oxygens (including phenoxy) is 2. The van der Waals surface area contributed by atoms with Crippen molar-refractivity contribution in [2.24, 2.45) is 5.92 Å². The second-order valence-corrected chi connectivity index (χ2v) is 7.19. The highest BCUT2D eigenvalue weighted by molar-refractivity contribution is 7.89. The number of hydrogen-bond acceptors (Lipinski definition) is 4. The molecule has 0 unspecified atom stereocenters. The van der Waals surface area contributed by atoms with E-state index in [0.29, 0.717) is 17.4 Å². The summed E-state index contributed by atoms with van der Waals surface area (Å²) in [4.78, 5) is 0.127. The fourth-order valence-corrected chi connectivity index (χ4v) is 4.31. The average molecular weight is 313 g/mol. The molecule has 1 aliphatic rings. The number of nitrogens with one attached hydrogen (secondary N) is 1. The van der Waals surface area contributed by atoms with Crippen LogP contribution in [0, 0.1) is 5.92 Å². The van der Waals surface area contributed by atoms with E-state index in [-0.39, 0.29) is 10.9 Å². The molecule has 0 heterocycles. The summed E-state index contributed by atoms with van der Waals surface area (Å²) in [5.41, 5.74) is 0. The molecule has 0 amide bonds. The Balaban J connectivity index is 2.30. The molecule has 1 aromatic rings. The lowest BCUT2D eigenvalue weighted by Gasteiger charge is -2.29. The predicted octanol–water partition coefficient (Wildman–Crippen LogP) is 2.56. The summed E-state index contributed by atoms with van der Waals surface area (Å²) in [7, 11) is -0.652. The van der Waals surface area contributed by atoms with E-state index < -0.39 is 10.0 Å². The van der Waals surface area contributed by atoms with Crippen molar-refractivity contribution in [3.63, 3.8) is 0 Å². The van der Waals surface area contributed by atoms with Crippen LogP contribution in [-0.4, -0.2) is 28.7 Å². The molecule has 118 valence electrons. The van der Waals surface area contributed by atoms with E-state index in [4.69, 9.17) is 9.47 Å². The van der Waals surface area contributed by atoms with Crippen LogP contribution in [0.1, 0.15) is 32.6 Å². The highest BCUT2D eigenvalue weighted by Crippen LogP contribution is 2.30. The maximum atomic E-state index is 12.6. The highest BCUT2D eigenvalue weighted by Gasteiger charge is 2.28. The van der Waals surface area contributed by atoms with Gasteiger partial charge in [-0.2, -0.15) is 0 Å². The van der Waals surface area contributed by atoms with Gasteiger partial charge in [0.25, 0.3) is 0 Å². The van der Waals surface area contributed by atoms with Crippen molar-refractivity contribution in [2.75, 3.05) is 14.2 Å². The normalized spacial score (nSPS) is 22.8. The Hall–Kier alpha value is -1.27. The van der Waals surface area contributed by atoms with Crippen LogP contribution < -0.4 is 14.2 Å². The van der Waals surface area contributed by atoms with Gasteiger partial charge in [0.2, 0.25) is 10.0 Å². The smallest absolute Gasteiger partial charge is 0.244 e. The Morgan fingerprint density at radius 2 is 1.86 bits per heavy atom. The minimum Gasteiger partial charge on any atom is -0.497 e. The van der Waals surface area contributed by atoms with Crippen LogP contribution in [0.5, 0.6) is 11.5 Å². The fourth-order valence-electron chi connectivity index (χ4n) is 2.75. The predicted molar refractivity (Wildman–Crippen MR) is 81.3 cm³/mol. The first kappa shape index (κ1) is 16.1. The third-order valence-electron chi connectivity index (χ3n) is 4.08. The Morgan fingerprint density at radius 1 is 1.14 bits per heavy atom. The average Bonchev–Trinajstić information content (AvgIpc) is 2.48. The molecule has 0 aliphatic heterocycles. The minimum absolute atomic E-state index is 0.0142. The van der Waals surface area contributed by atoms with Crippen LogP contribution in [0.25, 0.3) is 0 Å². The van der Waals surface area contributed by atoms with Crippen LogP contribution in [0.15, 0.2) is 23.1 Å². The molecule has 2 rings (SSSR count). The largest absolute Gasteiger partial charge is 0.497 e. The van der Waals surface area contributed by atoms with Gasteiger partial charge in [0.05, 0.1) is 14.2 Å². The van der Waals surface area contributed by atoms with Gasteiger partial charge in [-0.05, 0) is 30.9 Å². The molecular weight excluding hydrogens is 290 g/mol. The third kappa shape index (κ3) is 3.68. The van der Waals surface area contributed by atoms with Gasteiger partial charge in [0.1, 0.15) is 16.4 Å². The maximum absolute atomic E-state index is 12.6. The number of methoxy groups -OCH3 is 2. The second kappa shape index (κ2) is 6.66. The summed E-state index contributed by atoms with van der Waals surface area (Å²) in [6, 6.07) is 4.77. The monoisotopic (exact) mass is 313 g/mol. The molecular formula is C15H23NO4S. The first-order valence-electron chi connectivity index (χ1n) is 7.22. The van der Waals surface area contributed by atoms with Crippen LogP contribution in [0.3, 0.4) is 0 Å². The maximum Gasteiger partial charge on any atom is 0.244 e. The van der Waals surface area contributed by atoms with E-state index in [1.165, 1.54) is 26.7 Å². The number of rotatable bonds is 5. The lowest BCUT2D eigenvalue weighted by atomic mass is 9.87. The molecule has 0 saturated heterocycles. The van der Waals surface area contributed by atoms with E-state index in [0.717, 1.165) is 19.3 Å². The quantitative estimate of drug-likeness (QED) is 0.907. The van der Waals surface area contributed by atoms with Crippen LogP contribution in [-0.2, 0) is 10.0 Å². The Labute approximate surface area is 126 Å². The van der Waals surface area contributed by atoms with E-state index in [2.05, 4.69) is 11.6 Å². The third-order valence-corrected chi connectivity index (χ3v) is 5.59. The molecule has 6 heteroatoms. The van der Waals surface area contributed by atoms with Crippen LogP contribution in [0.4, 0.5) is 0 Å². The lowest BCUT2D eigenvalue weighted by molar-refractivity contribution is 0.310. The first-order valence-corrected chi connectivity index (χ1v) is 8.70.